The second kappa shape index (κ2) is 7.68. The average Bonchev–Trinajstić information content (AvgIpc) is 2.18. The summed E-state index contributed by atoms with van der Waals surface area (Å²) in [5.41, 5.74) is 0. The number of carboxylic acid groups (broad SMARTS) is 1. The third kappa shape index (κ3) is 6.38. The molecular weight excluding hydrogens is 196 g/mol. The van der Waals surface area contributed by atoms with Crippen LogP contribution < -0.4 is 10.6 Å². The summed E-state index contributed by atoms with van der Waals surface area (Å²) < 4.78 is 0. The third-order valence-electron chi connectivity index (χ3n) is 1.87. The predicted molar refractivity (Wildman–Crippen MR) is 56.3 cm³/mol. The second-order valence-electron chi connectivity index (χ2n) is 2.93. The Labute approximate surface area is 89.2 Å². The fourth-order valence-electron chi connectivity index (χ4n) is 0.898. The molecule has 5 heteroatoms. The summed E-state index contributed by atoms with van der Waals surface area (Å²) in [5, 5.41) is 13.7. The van der Waals surface area contributed by atoms with Gasteiger partial charge in [-0.15, -0.1) is 5.92 Å². The molecule has 1 unspecified atom stereocenters. The van der Waals surface area contributed by atoms with Gasteiger partial charge in [0.25, 0.3) is 0 Å². The normalized spacial score (nSPS) is 10.8. The number of rotatable bonds is 5. The molecule has 0 bridgehead atoms. The fourth-order valence-corrected chi connectivity index (χ4v) is 0.898. The largest absolute Gasteiger partial charge is 0.481 e. The summed E-state index contributed by atoms with van der Waals surface area (Å²) in [6, 6.07) is -0.391. The first kappa shape index (κ1) is 13.3. The van der Waals surface area contributed by atoms with Crippen LogP contribution in [0.2, 0.25) is 0 Å². The smallest absolute Gasteiger partial charge is 0.315 e. The standard InChI is InChI=1S/C10H16N2O3/c1-3-5-6-11-10(15)12-7-8(4-2)9(13)14/h8H,4,6-7H2,1-2H3,(H,13,14)(H2,11,12,15). The van der Waals surface area contributed by atoms with Gasteiger partial charge in [-0.25, -0.2) is 4.79 Å². The topological polar surface area (TPSA) is 78.4 Å². The van der Waals surface area contributed by atoms with E-state index in [0.717, 1.165) is 0 Å². The number of carboxylic acids is 1. The molecule has 0 saturated heterocycles. The van der Waals surface area contributed by atoms with Gasteiger partial charge in [0.05, 0.1) is 12.5 Å². The summed E-state index contributed by atoms with van der Waals surface area (Å²) >= 11 is 0. The number of nitrogens with one attached hydrogen (secondary N) is 2. The first-order valence-electron chi connectivity index (χ1n) is 4.75. The van der Waals surface area contributed by atoms with E-state index in [9.17, 15) is 9.59 Å². The minimum atomic E-state index is -0.897. The highest BCUT2D eigenvalue weighted by molar-refractivity contribution is 5.76. The van der Waals surface area contributed by atoms with Crippen molar-refractivity contribution in [2.24, 2.45) is 5.92 Å². The monoisotopic (exact) mass is 212 g/mol. The van der Waals surface area contributed by atoms with E-state index in [-0.39, 0.29) is 13.1 Å². The van der Waals surface area contributed by atoms with Crippen molar-refractivity contribution in [2.45, 2.75) is 20.3 Å². The Balaban J connectivity index is 3.76. The maximum atomic E-state index is 11.1. The molecule has 0 aliphatic rings. The van der Waals surface area contributed by atoms with Gasteiger partial charge in [-0.05, 0) is 13.3 Å². The number of aliphatic carboxylic acids is 1. The number of hydrogen-bond donors (Lipinski definition) is 3. The zero-order valence-corrected chi connectivity index (χ0v) is 8.96. The molecule has 0 heterocycles. The molecule has 5 nitrogen and oxygen atoms in total. The van der Waals surface area contributed by atoms with E-state index in [1.54, 1.807) is 13.8 Å². The molecule has 3 N–H and O–H groups in total. The Morgan fingerprint density at radius 2 is 2.07 bits per heavy atom. The van der Waals surface area contributed by atoms with Crippen LogP contribution in [-0.4, -0.2) is 30.2 Å². The quantitative estimate of drug-likeness (QED) is 0.578. The minimum Gasteiger partial charge on any atom is -0.481 e. The van der Waals surface area contributed by atoms with Crippen LogP contribution in [0, 0.1) is 17.8 Å². The predicted octanol–water partition coefficient (Wildman–Crippen LogP) is 0.420. The van der Waals surface area contributed by atoms with Crippen LogP contribution in [0.3, 0.4) is 0 Å². The van der Waals surface area contributed by atoms with Gasteiger partial charge in [-0.1, -0.05) is 12.8 Å². The van der Waals surface area contributed by atoms with Crippen molar-refractivity contribution < 1.29 is 14.7 Å². The average molecular weight is 212 g/mol. The molecule has 2 amide bonds. The molecule has 15 heavy (non-hydrogen) atoms. The number of amides is 2. The molecule has 1 atom stereocenters. The molecule has 84 valence electrons. The van der Waals surface area contributed by atoms with Crippen LogP contribution in [0.25, 0.3) is 0 Å². The molecule has 0 radical (unpaired) electrons. The maximum Gasteiger partial charge on any atom is 0.315 e. The molecule has 0 aliphatic heterocycles. The van der Waals surface area contributed by atoms with E-state index in [4.69, 9.17) is 5.11 Å². The zero-order chi connectivity index (χ0) is 11.7. The zero-order valence-electron chi connectivity index (χ0n) is 8.96. The first-order valence-corrected chi connectivity index (χ1v) is 4.75. The van der Waals surface area contributed by atoms with Crippen LogP contribution in [0.1, 0.15) is 20.3 Å². The molecule has 0 aromatic carbocycles. The summed E-state index contributed by atoms with van der Waals surface area (Å²) in [4.78, 5) is 21.7. The molecule has 0 aromatic heterocycles. The van der Waals surface area contributed by atoms with E-state index in [2.05, 4.69) is 22.5 Å². The summed E-state index contributed by atoms with van der Waals surface area (Å²) in [6.07, 6.45) is 0.490. The number of hydrogen-bond acceptors (Lipinski definition) is 2. The molecular formula is C10H16N2O3. The van der Waals surface area contributed by atoms with Crippen molar-refractivity contribution in [1.29, 1.82) is 0 Å². The van der Waals surface area contributed by atoms with Crippen LogP contribution in [-0.2, 0) is 4.79 Å². The maximum absolute atomic E-state index is 11.1. The van der Waals surface area contributed by atoms with Crippen molar-refractivity contribution >= 4 is 12.0 Å². The van der Waals surface area contributed by atoms with Gasteiger partial charge < -0.3 is 15.7 Å². The summed E-state index contributed by atoms with van der Waals surface area (Å²) in [5.74, 6) is 3.86. The van der Waals surface area contributed by atoms with Crippen LogP contribution in [0.5, 0.6) is 0 Å². The fraction of sp³-hybridized carbons (Fsp3) is 0.600. The summed E-state index contributed by atoms with van der Waals surface area (Å²) in [7, 11) is 0. The van der Waals surface area contributed by atoms with E-state index in [0.29, 0.717) is 6.42 Å². The van der Waals surface area contributed by atoms with Gasteiger partial charge in [0.2, 0.25) is 0 Å². The van der Waals surface area contributed by atoms with Crippen molar-refractivity contribution in [3.8, 4) is 11.8 Å². The number of urea groups is 1. The first-order chi connectivity index (χ1) is 7.11. The van der Waals surface area contributed by atoms with Crippen molar-refractivity contribution in [1.82, 2.24) is 10.6 Å². The summed E-state index contributed by atoms with van der Waals surface area (Å²) in [6.45, 7) is 3.85. The van der Waals surface area contributed by atoms with Gasteiger partial charge in [-0.2, -0.15) is 0 Å². The van der Waals surface area contributed by atoms with Gasteiger partial charge in [0.1, 0.15) is 0 Å². The van der Waals surface area contributed by atoms with Crippen LogP contribution >= 0.6 is 0 Å². The van der Waals surface area contributed by atoms with Gasteiger partial charge in [0, 0.05) is 6.54 Å². The van der Waals surface area contributed by atoms with Crippen LogP contribution in [0.15, 0.2) is 0 Å². The Morgan fingerprint density at radius 1 is 1.40 bits per heavy atom. The lowest BCUT2D eigenvalue weighted by Gasteiger charge is -2.10. The molecule has 0 rings (SSSR count). The van der Waals surface area contributed by atoms with Crippen molar-refractivity contribution in [3.63, 3.8) is 0 Å². The molecule has 0 saturated carbocycles. The molecule has 0 fully saturated rings. The third-order valence-corrected chi connectivity index (χ3v) is 1.87. The Kier molecular flexibility index (Phi) is 6.81. The Hall–Kier alpha value is -1.70. The lowest BCUT2D eigenvalue weighted by atomic mass is 10.1. The minimum absolute atomic E-state index is 0.136. The van der Waals surface area contributed by atoms with E-state index < -0.39 is 17.9 Å². The highest BCUT2D eigenvalue weighted by atomic mass is 16.4. The SMILES string of the molecule is CC#CCNC(=O)NCC(CC)C(=O)O. The Morgan fingerprint density at radius 3 is 2.53 bits per heavy atom. The number of carbonyl (C=O) groups excluding carboxylic acids is 1. The van der Waals surface area contributed by atoms with Gasteiger partial charge in [-0.3, -0.25) is 4.79 Å². The van der Waals surface area contributed by atoms with E-state index >= 15 is 0 Å². The van der Waals surface area contributed by atoms with Crippen molar-refractivity contribution in [3.05, 3.63) is 0 Å². The molecule has 0 aliphatic carbocycles. The molecule has 0 aromatic rings. The van der Waals surface area contributed by atoms with Crippen molar-refractivity contribution in [2.75, 3.05) is 13.1 Å². The lowest BCUT2D eigenvalue weighted by molar-refractivity contribution is -0.141. The lowest BCUT2D eigenvalue weighted by Crippen LogP contribution is -2.39. The molecule has 0 spiro atoms. The number of carbonyl (C=O) groups is 2. The highest BCUT2D eigenvalue weighted by Crippen LogP contribution is 1.99. The van der Waals surface area contributed by atoms with Gasteiger partial charge in [0.15, 0.2) is 0 Å². The Bertz CT molecular complexity index is 278. The highest BCUT2D eigenvalue weighted by Gasteiger charge is 2.15. The van der Waals surface area contributed by atoms with Gasteiger partial charge >= 0.3 is 12.0 Å². The second-order valence-corrected chi connectivity index (χ2v) is 2.93. The van der Waals surface area contributed by atoms with E-state index in [1.807, 2.05) is 0 Å². The van der Waals surface area contributed by atoms with Crippen LogP contribution in [0.4, 0.5) is 4.79 Å². The van der Waals surface area contributed by atoms with E-state index in [1.165, 1.54) is 0 Å².